The lowest BCUT2D eigenvalue weighted by Crippen LogP contribution is -1.96. The summed E-state index contributed by atoms with van der Waals surface area (Å²) in [6.07, 6.45) is 4.34. The van der Waals surface area contributed by atoms with Crippen LogP contribution in [0.5, 0.6) is 0 Å². The van der Waals surface area contributed by atoms with Crippen LogP contribution in [0.25, 0.3) is 11.3 Å². The van der Waals surface area contributed by atoms with E-state index in [4.69, 9.17) is 11.6 Å². The average molecular weight is 234 g/mol. The Morgan fingerprint density at radius 1 is 1.31 bits per heavy atom. The van der Waals surface area contributed by atoms with Crippen molar-refractivity contribution < 1.29 is 0 Å². The van der Waals surface area contributed by atoms with Crippen LogP contribution in [-0.2, 0) is 6.42 Å². The number of halogens is 1. The largest absolute Gasteiger partial charge is 0.264 e. The van der Waals surface area contributed by atoms with Crippen molar-refractivity contribution >= 4 is 11.6 Å². The Hall–Kier alpha value is -1.48. The first-order chi connectivity index (χ1) is 7.70. The summed E-state index contributed by atoms with van der Waals surface area (Å²) < 4.78 is 0. The number of rotatable bonds is 2. The first kappa shape index (κ1) is 11.0. The third-order valence-corrected chi connectivity index (χ3v) is 2.57. The van der Waals surface area contributed by atoms with Gasteiger partial charge >= 0.3 is 0 Å². The lowest BCUT2D eigenvalue weighted by molar-refractivity contribution is 0.942. The van der Waals surface area contributed by atoms with Gasteiger partial charge in [-0.15, -0.1) is 0 Å². The van der Waals surface area contributed by atoms with Gasteiger partial charge in [-0.2, -0.15) is 0 Å². The predicted molar refractivity (Wildman–Crippen MR) is 64.4 cm³/mol. The van der Waals surface area contributed by atoms with Gasteiger partial charge in [0, 0.05) is 30.4 Å². The molecule has 0 aliphatic carbocycles. The molecule has 2 heterocycles. The molecule has 0 aromatic carbocycles. The summed E-state index contributed by atoms with van der Waals surface area (Å²) in [5.74, 6) is 0.755. The van der Waals surface area contributed by atoms with Gasteiger partial charge < -0.3 is 0 Å². The Bertz CT molecular complexity index is 511. The van der Waals surface area contributed by atoms with E-state index in [2.05, 4.69) is 15.0 Å². The second-order valence-corrected chi connectivity index (χ2v) is 3.92. The first-order valence-electron chi connectivity index (χ1n) is 5.15. The molecule has 0 N–H and O–H groups in total. The lowest BCUT2D eigenvalue weighted by atomic mass is 10.1. The van der Waals surface area contributed by atoms with E-state index in [0.717, 1.165) is 29.1 Å². The Kier molecular flexibility index (Phi) is 3.15. The van der Waals surface area contributed by atoms with E-state index in [9.17, 15) is 0 Å². The lowest BCUT2D eigenvalue weighted by Gasteiger charge is -2.06. The second-order valence-electron chi connectivity index (χ2n) is 3.54. The smallest absolute Gasteiger partial charge is 0.133 e. The fourth-order valence-electron chi connectivity index (χ4n) is 1.49. The third-order valence-electron chi connectivity index (χ3n) is 2.37. The van der Waals surface area contributed by atoms with Crippen molar-refractivity contribution in [3.63, 3.8) is 0 Å². The summed E-state index contributed by atoms with van der Waals surface area (Å²) in [5.41, 5.74) is 2.97. The molecule has 4 heteroatoms. The van der Waals surface area contributed by atoms with E-state index in [1.54, 1.807) is 18.5 Å². The SMILES string of the molecule is CCc1nc(Cl)cc(-c2cnccc2C)n1. The molecule has 2 aromatic rings. The van der Waals surface area contributed by atoms with Crippen LogP contribution in [0.1, 0.15) is 18.3 Å². The topological polar surface area (TPSA) is 38.7 Å². The van der Waals surface area contributed by atoms with Crippen molar-refractivity contribution in [3.05, 3.63) is 41.1 Å². The van der Waals surface area contributed by atoms with Crippen molar-refractivity contribution in [2.24, 2.45) is 0 Å². The van der Waals surface area contributed by atoms with E-state index < -0.39 is 0 Å². The fourth-order valence-corrected chi connectivity index (χ4v) is 1.69. The molecule has 0 amide bonds. The number of nitrogens with zero attached hydrogens (tertiary/aromatic N) is 3. The minimum absolute atomic E-state index is 0.477. The van der Waals surface area contributed by atoms with Crippen LogP contribution < -0.4 is 0 Å². The zero-order valence-electron chi connectivity index (χ0n) is 9.24. The number of hydrogen-bond acceptors (Lipinski definition) is 3. The Balaban J connectivity index is 2.56. The van der Waals surface area contributed by atoms with E-state index >= 15 is 0 Å². The summed E-state index contributed by atoms with van der Waals surface area (Å²) in [5, 5.41) is 0.477. The van der Waals surface area contributed by atoms with Crippen LogP contribution in [0.2, 0.25) is 5.15 Å². The quantitative estimate of drug-likeness (QED) is 0.749. The minimum Gasteiger partial charge on any atom is -0.264 e. The van der Waals surface area contributed by atoms with E-state index in [1.165, 1.54) is 0 Å². The summed E-state index contributed by atoms with van der Waals surface area (Å²) in [4.78, 5) is 12.7. The van der Waals surface area contributed by atoms with Gasteiger partial charge in [0.15, 0.2) is 0 Å². The van der Waals surface area contributed by atoms with Crippen LogP contribution in [-0.4, -0.2) is 15.0 Å². The predicted octanol–water partition coefficient (Wildman–Crippen LogP) is 3.06. The van der Waals surface area contributed by atoms with Crippen LogP contribution in [0.4, 0.5) is 0 Å². The molecule has 16 heavy (non-hydrogen) atoms. The minimum atomic E-state index is 0.477. The molecule has 0 saturated carbocycles. The molecule has 2 aromatic heterocycles. The summed E-state index contributed by atoms with van der Waals surface area (Å²) in [6.45, 7) is 4.03. The van der Waals surface area contributed by atoms with Gasteiger partial charge in [0.1, 0.15) is 11.0 Å². The highest BCUT2D eigenvalue weighted by molar-refractivity contribution is 6.29. The average Bonchev–Trinajstić information content (AvgIpc) is 2.28. The summed E-state index contributed by atoms with van der Waals surface area (Å²) in [7, 11) is 0. The second kappa shape index (κ2) is 4.58. The standard InChI is InChI=1S/C12H12ClN3/c1-3-12-15-10(6-11(13)16-12)9-7-14-5-4-8(9)2/h4-7H,3H2,1-2H3. The van der Waals surface area contributed by atoms with Crippen molar-refractivity contribution in [3.8, 4) is 11.3 Å². The molecule has 0 bridgehead atoms. The van der Waals surface area contributed by atoms with Gasteiger partial charge in [-0.3, -0.25) is 4.98 Å². The number of hydrogen-bond donors (Lipinski definition) is 0. The van der Waals surface area contributed by atoms with Gasteiger partial charge in [0.2, 0.25) is 0 Å². The molecule has 2 rings (SSSR count). The van der Waals surface area contributed by atoms with Crippen molar-refractivity contribution in [2.75, 3.05) is 0 Å². The van der Waals surface area contributed by atoms with Crippen molar-refractivity contribution in [1.29, 1.82) is 0 Å². The highest BCUT2D eigenvalue weighted by atomic mass is 35.5. The van der Waals surface area contributed by atoms with Crippen LogP contribution in [0, 0.1) is 6.92 Å². The Labute approximate surface area is 99.5 Å². The molecule has 0 fully saturated rings. The maximum atomic E-state index is 5.96. The fraction of sp³-hybridized carbons (Fsp3) is 0.250. The number of aryl methyl sites for hydroxylation is 2. The first-order valence-corrected chi connectivity index (χ1v) is 5.53. The van der Waals surface area contributed by atoms with Crippen molar-refractivity contribution in [2.45, 2.75) is 20.3 Å². The van der Waals surface area contributed by atoms with E-state index in [-0.39, 0.29) is 0 Å². The monoisotopic (exact) mass is 233 g/mol. The zero-order chi connectivity index (χ0) is 11.5. The molecule has 0 radical (unpaired) electrons. The molecule has 0 unspecified atom stereocenters. The van der Waals surface area contributed by atoms with Crippen LogP contribution in [0.3, 0.4) is 0 Å². The Morgan fingerprint density at radius 3 is 2.81 bits per heavy atom. The van der Waals surface area contributed by atoms with Gasteiger partial charge in [0.25, 0.3) is 0 Å². The highest BCUT2D eigenvalue weighted by Crippen LogP contribution is 2.22. The highest BCUT2D eigenvalue weighted by Gasteiger charge is 2.06. The van der Waals surface area contributed by atoms with Gasteiger partial charge in [-0.25, -0.2) is 9.97 Å². The zero-order valence-corrected chi connectivity index (χ0v) is 9.99. The molecule has 3 nitrogen and oxygen atoms in total. The van der Waals surface area contributed by atoms with Gasteiger partial charge in [-0.05, 0) is 18.6 Å². The molecular weight excluding hydrogens is 222 g/mol. The number of aromatic nitrogens is 3. The molecule has 0 spiro atoms. The van der Waals surface area contributed by atoms with Crippen LogP contribution in [0.15, 0.2) is 24.5 Å². The van der Waals surface area contributed by atoms with Crippen molar-refractivity contribution in [1.82, 2.24) is 15.0 Å². The molecule has 0 aliphatic heterocycles. The molecular formula is C12H12ClN3. The maximum Gasteiger partial charge on any atom is 0.133 e. The Morgan fingerprint density at radius 2 is 2.12 bits per heavy atom. The third kappa shape index (κ3) is 2.19. The molecule has 0 saturated heterocycles. The summed E-state index contributed by atoms with van der Waals surface area (Å²) >= 11 is 5.96. The molecule has 0 aliphatic rings. The van der Waals surface area contributed by atoms with Gasteiger partial charge in [0.05, 0.1) is 5.69 Å². The maximum absolute atomic E-state index is 5.96. The van der Waals surface area contributed by atoms with E-state index in [0.29, 0.717) is 5.15 Å². The molecule has 0 atom stereocenters. The van der Waals surface area contributed by atoms with E-state index in [1.807, 2.05) is 19.9 Å². The number of pyridine rings is 1. The van der Waals surface area contributed by atoms with Crippen LogP contribution >= 0.6 is 11.6 Å². The normalized spacial score (nSPS) is 10.4. The summed E-state index contributed by atoms with van der Waals surface area (Å²) in [6, 6.07) is 3.72. The van der Waals surface area contributed by atoms with Gasteiger partial charge in [-0.1, -0.05) is 18.5 Å². The molecule has 82 valence electrons.